The lowest BCUT2D eigenvalue weighted by Gasteiger charge is -2.35. The molecule has 0 saturated carbocycles. The van der Waals surface area contributed by atoms with Crippen LogP contribution in [0.25, 0.3) is 0 Å². The second kappa shape index (κ2) is 6.80. The number of ether oxygens (including phenoxy) is 1. The Morgan fingerprint density at radius 2 is 2.04 bits per heavy atom. The van der Waals surface area contributed by atoms with Gasteiger partial charge in [0.25, 0.3) is 5.91 Å². The molecular weight excluding hydrogens is 314 g/mol. The number of aliphatic carboxylic acids is 1. The second-order valence-corrected chi connectivity index (χ2v) is 7.20. The Hall–Kier alpha value is -2.09. The number of likely N-dealkylation sites (N-methyl/N-ethyl adjacent to an activating group) is 1. The van der Waals surface area contributed by atoms with E-state index in [2.05, 4.69) is 5.32 Å². The first-order valence-electron chi connectivity index (χ1n) is 8.01. The molecule has 0 radical (unpaired) electrons. The van der Waals surface area contributed by atoms with Gasteiger partial charge < -0.3 is 25.0 Å². The van der Waals surface area contributed by atoms with Crippen molar-refractivity contribution < 1.29 is 24.2 Å². The van der Waals surface area contributed by atoms with E-state index in [1.54, 1.807) is 26.8 Å². The van der Waals surface area contributed by atoms with Crippen LogP contribution in [0.1, 0.15) is 33.6 Å². The molecule has 0 bridgehead atoms. The highest BCUT2D eigenvalue weighted by atomic mass is 16.6. The fraction of sp³-hybridized carbons (Fsp3) is 0.688. The van der Waals surface area contributed by atoms with Gasteiger partial charge in [-0.3, -0.25) is 4.79 Å². The maximum absolute atomic E-state index is 12.9. The fourth-order valence-electron chi connectivity index (χ4n) is 2.89. The van der Waals surface area contributed by atoms with Crippen LogP contribution >= 0.6 is 0 Å². The van der Waals surface area contributed by atoms with Crippen LogP contribution in [-0.4, -0.2) is 70.7 Å². The van der Waals surface area contributed by atoms with Crippen molar-refractivity contribution in [3.8, 4) is 0 Å². The number of nitrogens with zero attached hydrogens (tertiary/aromatic N) is 2. The standard InChI is InChI=1S/C16H25N3O5/c1-16(2,3)24-15(23)17-11-9-18(4)8-7-10-5-6-12(14(21)22)19(10)13(11)20/h5,11-12H,6-9H2,1-4H3,(H,17,23)(H,21,22)/t11-,12-/m0/s1. The molecule has 2 amide bonds. The largest absolute Gasteiger partial charge is 0.480 e. The third kappa shape index (κ3) is 4.25. The van der Waals surface area contributed by atoms with Gasteiger partial charge in [-0.05, 0) is 34.2 Å². The molecule has 8 nitrogen and oxygen atoms in total. The SMILES string of the molecule is CN1CCC2=CC[C@@H](C(=O)O)N2C(=O)[C@@H](NC(=O)OC(C)(C)C)C1. The van der Waals surface area contributed by atoms with Gasteiger partial charge in [0, 0.05) is 25.2 Å². The van der Waals surface area contributed by atoms with Crippen molar-refractivity contribution in [3.05, 3.63) is 11.8 Å². The molecule has 0 spiro atoms. The maximum atomic E-state index is 12.9. The van der Waals surface area contributed by atoms with Gasteiger partial charge in [-0.15, -0.1) is 0 Å². The molecule has 0 aliphatic carbocycles. The highest BCUT2D eigenvalue weighted by molar-refractivity contribution is 5.91. The summed E-state index contributed by atoms with van der Waals surface area (Å²) in [5.74, 6) is -1.46. The number of amides is 2. The number of carboxylic acids is 1. The number of nitrogens with one attached hydrogen (secondary N) is 1. The van der Waals surface area contributed by atoms with Gasteiger partial charge in [-0.25, -0.2) is 9.59 Å². The molecule has 0 unspecified atom stereocenters. The summed E-state index contributed by atoms with van der Waals surface area (Å²) in [5.41, 5.74) is 0.0260. The quantitative estimate of drug-likeness (QED) is 0.771. The van der Waals surface area contributed by atoms with E-state index in [0.29, 0.717) is 31.6 Å². The van der Waals surface area contributed by atoms with Gasteiger partial charge in [-0.2, -0.15) is 0 Å². The molecule has 2 heterocycles. The van der Waals surface area contributed by atoms with Crippen molar-refractivity contribution in [2.24, 2.45) is 0 Å². The average molecular weight is 339 g/mol. The Bertz CT molecular complexity index is 567. The van der Waals surface area contributed by atoms with E-state index in [1.807, 2.05) is 11.9 Å². The van der Waals surface area contributed by atoms with Crippen molar-refractivity contribution in [1.82, 2.24) is 15.1 Å². The van der Waals surface area contributed by atoms with Gasteiger partial charge in [0.05, 0.1) is 0 Å². The lowest BCUT2D eigenvalue weighted by molar-refractivity contribution is -0.148. The van der Waals surface area contributed by atoms with Crippen molar-refractivity contribution in [2.45, 2.75) is 51.3 Å². The van der Waals surface area contributed by atoms with Gasteiger partial charge in [-0.1, -0.05) is 6.08 Å². The molecule has 1 saturated heterocycles. The summed E-state index contributed by atoms with van der Waals surface area (Å²) in [6.45, 7) is 6.18. The van der Waals surface area contributed by atoms with Crippen LogP contribution < -0.4 is 5.32 Å². The van der Waals surface area contributed by atoms with Crippen molar-refractivity contribution in [1.29, 1.82) is 0 Å². The zero-order valence-electron chi connectivity index (χ0n) is 14.5. The van der Waals surface area contributed by atoms with E-state index >= 15 is 0 Å². The van der Waals surface area contributed by atoms with E-state index < -0.39 is 35.7 Å². The van der Waals surface area contributed by atoms with E-state index in [4.69, 9.17) is 4.74 Å². The molecule has 2 N–H and O–H groups in total. The highest BCUT2D eigenvalue weighted by Crippen LogP contribution is 2.27. The number of hydrogen-bond acceptors (Lipinski definition) is 5. The van der Waals surface area contributed by atoms with Crippen molar-refractivity contribution in [3.63, 3.8) is 0 Å². The summed E-state index contributed by atoms with van der Waals surface area (Å²) in [6.07, 6.45) is 2.00. The van der Waals surface area contributed by atoms with Crippen LogP contribution in [0.5, 0.6) is 0 Å². The summed E-state index contributed by atoms with van der Waals surface area (Å²) >= 11 is 0. The van der Waals surface area contributed by atoms with Gasteiger partial charge in [0.1, 0.15) is 17.7 Å². The van der Waals surface area contributed by atoms with Crippen LogP contribution in [0.4, 0.5) is 4.79 Å². The molecule has 0 aromatic heterocycles. The van der Waals surface area contributed by atoms with Crippen molar-refractivity contribution >= 4 is 18.0 Å². The minimum atomic E-state index is -1.04. The van der Waals surface area contributed by atoms with E-state index in [9.17, 15) is 19.5 Å². The fourth-order valence-corrected chi connectivity index (χ4v) is 2.89. The summed E-state index contributed by atoms with van der Waals surface area (Å²) in [6, 6.07) is -1.76. The number of fused-ring (bicyclic) bond motifs is 1. The smallest absolute Gasteiger partial charge is 0.408 e. The molecule has 2 aliphatic heterocycles. The van der Waals surface area contributed by atoms with Gasteiger partial charge >= 0.3 is 12.1 Å². The summed E-state index contributed by atoms with van der Waals surface area (Å²) < 4.78 is 5.21. The minimum absolute atomic E-state index is 0.291. The van der Waals surface area contributed by atoms with Crippen LogP contribution in [0.15, 0.2) is 11.8 Å². The number of hydrogen-bond donors (Lipinski definition) is 2. The lowest BCUT2D eigenvalue weighted by atomic mass is 10.1. The van der Waals surface area contributed by atoms with Gasteiger partial charge in [0.15, 0.2) is 0 Å². The predicted molar refractivity (Wildman–Crippen MR) is 86.2 cm³/mol. The zero-order valence-corrected chi connectivity index (χ0v) is 14.5. The van der Waals surface area contributed by atoms with E-state index in [1.165, 1.54) is 4.90 Å². The molecule has 2 rings (SSSR count). The Kier molecular flexibility index (Phi) is 5.17. The molecule has 8 heteroatoms. The summed E-state index contributed by atoms with van der Waals surface area (Å²) in [5, 5.41) is 11.9. The third-order valence-electron chi connectivity index (χ3n) is 3.95. The van der Waals surface area contributed by atoms with Gasteiger partial charge in [0.2, 0.25) is 0 Å². The Balaban J connectivity index is 2.19. The lowest BCUT2D eigenvalue weighted by Crippen LogP contribution is -2.57. The molecule has 0 aromatic carbocycles. The predicted octanol–water partition coefficient (Wildman–Crippen LogP) is 0.785. The van der Waals surface area contributed by atoms with Crippen molar-refractivity contribution in [2.75, 3.05) is 20.1 Å². The van der Waals surface area contributed by atoms with Crippen LogP contribution in [0, 0.1) is 0 Å². The summed E-state index contributed by atoms with van der Waals surface area (Å²) in [4.78, 5) is 39.6. The van der Waals surface area contributed by atoms with Crippen LogP contribution in [0.3, 0.4) is 0 Å². The molecule has 134 valence electrons. The topological polar surface area (TPSA) is 99.2 Å². The number of carbonyl (C=O) groups excluding carboxylic acids is 2. The third-order valence-corrected chi connectivity index (χ3v) is 3.95. The number of alkyl carbamates (subject to hydrolysis) is 1. The summed E-state index contributed by atoms with van der Waals surface area (Å²) in [7, 11) is 1.86. The zero-order chi connectivity index (χ0) is 18.1. The first-order chi connectivity index (χ1) is 11.1. The number of carbonyl (C=O) groups is 3. The van der Waals surface area contributed by atoms with E-state index in [0.717, 1.165) is 0 Å². The molecule has 1 fully saturated rings. The van der Waals surface area contributed by atoms with Crippen LogP contribution in [-0.2, 0) is 14.3 Å². The average Bonchev–Trinajstić information content (AvgIpc) is 2.84. The monoisotopic (exact) mass is 339 g/mol. The minimum Gasteiger partial charge on any atom is -0.480 e. The Morgan fingerprint density at radius 3 is 2.62 bits per heavy atom. The van der Waals surface area contributed by atoms with Crippen LogP contribution in [0.2, 0.25) is 0 Å². The molecule has 0 aromatic rings. The Labute approximate surface area is 141 Å². The maximum Gasteiger partial charge on any atom is 0.408 e. The Morgan fingerprint density at radius 1 is 1.38 bits per heavy atom. The first kappa shape index (κ1) is 18.3. The normalized spacial score (nSPS) is 25.4. The second-order valence-electron chi connectivity index (χ2n) is 7.20. The molecule has 24 heavy (non-hydrogen) atoms. The molecule has 2 aliphatic rings. The first-order valence-corrected chi connectivity index (χ1v) is 8.01. The van der Waals surface area contributed by atoms with E-state index in [-0.39, 0.29) is 0 Å². The number of rotatable bonds is 2. The highest BCUT2D eigenvalue weighted by Gasteiger charge is 2.41. The number of carboxylic acid groups (broad SMARTS) is 1. The molecular formula is C16H25N3O5. The molecule has 2 atom stereocenters.